The summed E-state index contributed by atoms with van der Waals surface area (Å²) in [5, 5.41) is 2.76. The number of ketones is 1. The highest BCUT2D eigenvalue weighted by molar-refractivity contribution is 6.02. The number of carbonyl (C=O) groups is 2. The van der Waals surface area contributed by atoms with E-state index in [4.69, 9.17) is 0 Å². The third-order valence-corrected chi connectivity index (χ3v) is 2.77. The van der Waals surface area contributed by atoms with Gasteiger partial charge in [-0.25, -0.2) is 0 Å². The summed E-state index contributed by atoms with van der Waals surface area (Å²) in [6.45, 7) is 6.58. The minimum absolute atomic E-state index is 0.0775. The van der Waals surface area contributed by atoms with Gasteiger partial charge in [0.25, 0.3) is 0 Å². The Bertz CT molecular complexity index is 223. The van der Waals surface area contributed by atoms with Gasteiger partial charge in [-0.2, -0.15) is 0 Å². The largest absolute Gasteiger partial charge is 0.355 e. The molecule has 0 radical (unpaired) electrons. The molecule has 1 aliphatic heterocycles. The normalized spacial score (nSPS) is 27.8. The van der Waals surface area contributed by atoms with Gasteiger partial charge >= 0.3 is 0 Å². The second-order valence-electron chi connectivity index (χ2n) is 3.95. The van der Waals surface area contributed by atoms with Crippen LogP contribution in [0.15, 0.2) is 0 Å². The lowest BCUT2D eigenvalue weighted by molar-refractivity contribution is -0.133. The Morgan fingerprint density at radius 2 is 2.23 bits per heavy atom. The van der Waals surface area contributed by atoms with Crippen LogP contribution in [0.5, 0.6) is 0 Å². The van der Waals surface area contributed by atoms with Crippen molar-refractivity contribution in [2.24, 2.45) is 17.8 Å². The van der Waals surface area contributed by atoms with Gasteiger partial charge in [-0.05, 0) is 11.8 Å². The highest BCUT2D eigenvalue weighted by Crippen LogP contribution is 2.26. The van der Waals surface area contributed by atoms with E-state index in [0.29, 0.717) is 18.9 Å². The average molecular weight is 183 g/mol. The van der Waals surface area contributed by atoms with Gasteiger partial charge in [-0.15, -0.1) is 0 Å². The topological polar surface area (TPSA) is 46.2 Å². The Morgan fingerprint density at radius 3 is 2.69 bits per heavy atom. The quantitative estimate of drug-likeness (QED) is 0.663. The van der Waals surface area contributed by atoms with Gasteiger partial charge in [0, 0.05) is 13.0 Å². The molecule has 0 aliphatic carbocycles. The molecule has 0 bridgehead atoms. The molecule has 1 N–H and O–H groups in total. The van der Waals surface area contributed by atoms with E-state index in [1.54, 1.807) is 0 Å². The molecule has 0 aromatic rings. The number of hydrogen-bond acceptors (Lipinski definition) is 2. The van der Waals surface area contributed by atoms with E-state index >= 15 is 0 Å². The SMILES string of the molecule is CCC(=O)[C@H]1C(=O)NCC1C(C)C. The lowest BCUT2D eigenvalue weighted by Crippen LogP contribution is -2.29. The number of rotatable bonds is 3. The first kappa shape index (κ1) is 10.2. The van der Waals surface area contributed by atoms with Crippen molar-refractivity contribution in [2.45, 2.75) is 27.2 Å². The maximum absolute atomic E-state index is 11.5. The molecule has 74 valence electrons. The van der Waals surface area contributed by atoms with Crippen LogP contribution < -0.4 is 5.32 Å². The van der Waals surface area contributed by atoms with Crippen LogP contribution in [0.1, 0.15) is 27.2 Å². The summed E-state index contributed by atoms with van der Waals surface area (Å²) in [5.74, 6) is 0.198. The molecule has 1 heterocycles. The van der Waals surface area contributed by atoms with E-state index in [9.17, 15) is 9.59 Å². The molecule has 0 aromatic heterocycles. The van der Waals surface area contributed by atoms with Crippen LogP contribution >= 0.6 is 0 Å². The molecule has 1 aliphatic rings. The molecule has 2 atom stereocenters. The molecule has 1 fully saturated rings. The van der Waals surface area contributed by atoms with Crippen molar-refractivity contribution in [3.8, 4) is 0 Å². The number of Topliss-reactive ketones (excluding diaryl/α,β-unsaturated/α-hetero) is 1. The Morgan fingerprint density at radius 1 is 1.62 bits per heavy atom. The molecule has 1 amide bonds. The fraction of sp³-hybridized carbons (Fsp3) is 0.800. The van der Waals surface area contributed by atoms with Crippen LogP contribution in [0, 0.1) is 17.8 Å². The Hall–Kier alpha value is -0.860. The van der Waals surface area contributed by atoms with E-state index in [-0.39, 0.29) is 23.5 Å². The molecule has 1 unspecified atom stereocenters. The molecular formula is C10H17NO2. The van der Waals surface area contributed by atoms with Crippen LogP contribution in [0.3, 0.4) is 0 Å². The predicted molar refractivity (Wildman–Crippen MR) is 50.1 cm³/mol. The molecule has 3 nitrogen and oxygen atoms in total. The monoisotopic (exact) mass is 183 g/mol. The van der Waals surface area contributed by atoms with Gasteiger partial charge in [0.15, 0.2) is 0 Å². The van der Waals surface area contributed by atoms with Crippen molar-refractivity contribution in [3.63, 3.8) is 0 Å². The first-order valence-electron chi connectivity index (χ1n) is 4.88. The summed E-state index contributed by atoms with van der Waals surface area (Å²) >= 11 is 0. The maximum Gasteiger partial charge on any atom is 0.230 e. The Labute approximate surface area is 78.9 Å². The maximum atomic E-state index is 11.5. The first-order chi connectivity index (χ1) is 6.07. The third-order valence-electron chi connectivity index (χ3n) is 2.77. The van der Waals surface area contributed by atoms with Crippen LogP contribution in [0.25, 0.3) is 0 Å². The molecule has 3 heteroatoms. The van der Waals surface area contributed by atoms with Crippen LogP contribution in [0.2, 0.25) is 0 Å². The second-order valence-corrected chi connectivity index (χ2v) is 3.95. The Kier molecular flexibility index (Phi) is 3.07. The van der Waals surface area contributed by atoms with Gasteiger partial charge in [0.05, 0.1) is 0 Å². The van der Waals surface area contributed by atoms with E-state index in [1.807, 2.05) is 6.92 Å². The van der Waals surface area contributed by atoms with Crippen LogP contribution in [0.4, 0.5) is 0 Å². The average Bonchev–Trinajstić information content (AvgIpc) is 2.46. The van der Waals surface area contributed by atoms with Crippen molar-refractivity contribution < 1.29 is 9.59 Å². The standard InChI is InChI=1S/C10H17NO2/c1-4-8(12)9-7(6(2)3)5-11-10(9)13/h6-7,9H,4-5H2,1-3H3,(H,11,13)/t7?,9-/m0/s1. The number of carbonyl (C=O) groups excluding carboxylic acids is 2. The van der Waals surface area contributed by atoms with Gasteiger partial charge in [-0.1, -0.05) is 20.8 Å². The molecule has 0 saturated carbocycles. The molecule has 1 saturated heterocycles. The van der Waals surface area contributed by atoms with Crippen molar-refractivity contribution in [1.29, 1.82) is 0 Å². The van der Waals surface area contributed by atoms with Crippen molar-refractivity contribution in [1.82, 2.24) is 5.32 Å². The minimum atomic E-state index is -0.384. The Balaban J connectivity index is 2.77. The highest BCUT2D eigenvalue weighted by atomic mass is 16.2. The van der Waals surface area contributed by atoms with Crippen LogP contribution in [-0.4, -0.2) is 18.2 Å². The summed E-state index contributed by atoms with van der Waals surface area (Å²) in [5.41, 5.74) is 0. The molecule has 0 spiro atoms. The summed E-state index contributed by atoms with van der Waals surface area (Å²) in [6, 6.07) is 0. The lowest BCUT2D eigenvalue weighted by atomic mass is 9.82. The summed E-state index contributed by atoms with van der Waals surface area (Å²) < 4.78 is 0. The molecular weight excluding hydrogens is 166 g/mol. The van der Waals surface area contributed by atoms with E-state index in [0.717, 1.165) is 0 Å². The van der Waals surface area contributed by atoms with E-state index in [2.05, 4.69) is 19.2 Å². The summed E-state index contributed by atoms with van der Waals surface area (Å²) in [4.78, 5) is 22.8. The third kappa shape index (κ3) is 1.90. The fourth-order valence-corrected chi connectivity index (χ4v) is 1.87. The lowest BCUT2D eigenvalue weighted by Gasteiger charge is -2.18. The smallest absolute Gasteiger partial charge is 0.230 e. The summed E-state index contributed by atoms with van der Waals surface area (Å²) in [6.07, 6.45) is 0.460. The molecule has 1 rings (SSSR count). The molecule has 0 aromatic carbocycles. The van der Waals surface area contributed by atoms with Gasteiger partial charge < -0.3 is 5.32 Å². The fourth-order valence-electron chi connectivity index (χ4n) is 1.87. The van der Waals surface area contributed by atoms with Crippen molar-refractivity contribution in [3.05, 3.63) is 0 Å². The number of amides is 1. The van der Waals surface area contributed by atoms with Crippen molar-refractivity contribution >= 4 is 11.7 Å². The second kappa shape index (κ2) is 3.90. The zero-order valence-electron chi connectivity index (χ0n) is 8.46. The van der Waals surface area contributed by atoms with Gasteiger partial charge in [-0.3, -0.25) is 9.59 Å². The van der Waals surface area contributed by atoms with E-state index in [1.165, 1.54) is 0 Å². The first-order valence-corrected chi connectivity index (χ1v) is 4.88. The highest BCUT2D eigenvalue weighted by Gasteiger charge is 2.40. The predicted octanol–water partition coefficient (Wildman–Crippen LogP) is 0.984. The van der Waals surface area contributed by atoms with Crippen LogP contribution in [-0.2, 0) is 9.59 Å². The van der Waals surface area contributed by atoms with E-state index < -0.39 is 0 Å². The minimum Gasteiger partial charge on any atom is -0.355 e. The van der Waals surface area contributed by atoms with Crippen molar-refractivity contribution in [2.75, 3.05) is 6.54 Å². The number of hydrogen-bond donors (Lipinski definition) is 1. The zero-order valence-corrected chi connectivity index (χ0v) is 8.46. The van der Waals surface area contributed by atoms with Gasteiger partial charge in [0.1, 0.15) is 11.7 Å². The van der Waals surface area contributed by atoms with Gasteiger partial charge in [0.2, 0.25) is 5.91 Å². The number of nitrogens with one attached hydrogen (secondary N) is 1. The zero-order chi connectivity index (χ0) is 10.0. The summed E-state index contributed by atoms with van der Waals surface area (Å²) in [7, 11) is 0. The molecule has 13 heavy (non-hydrogen) atoms.